The number of nitrogens with one attached hydrogen (secondary N) is 1. The van der Waals surface area contributed by atoms with Crippen LogP contribution in [0.5, 0.6) is 5.75 Å². The summed E-state index contributed by atoms with van der Waals surface area (Å²) in [5.74, 6) is 6.07. The molecule has 9 heteroatoms. The van der Waals surface area contributed by atoms with Crippen LogP contribution in [0.15, 0.2) is 36.4 Å². The van der Waals surface area contributed by atoms with E-state index in [0.717, 1.165) is 49.9 Å². The van der Waals surface area contributed by atoms with Crippen LogP contribution in [0.1, 0.15) is 52.9 Å². The van der Waals surface area contributed by atoms with E-state index in [-0.39, 0.29) is 29.8 Å². The van der Waals surface area contributed by atoms with E-state index in [9.17, 15) is 15.0 Å². The summed E-state index contributed by atoms with van der Waals surface area (Å²) >= 11 is 5.95. The van der Waals surface area contributed by atoms with Gasteiger partial charge in [0.15, 0.2) is 11.4 Å². The van der Waals surface area contributed by atoms with Gasteiger partial charge in [-0.3, -0.25) is 9.69 Å². The Bertz CT molecular complexity index is 1440. The number of amides is 1. The number of aliphatic hydroxyl groups is 1. The van der Waals surface area contributed by atoms with Gasteiger partial charge < -0.3 is 20.3 Å². The van der Waals surface area contributed by atoms with Gasteiger partial charge >= 0.3 is 0 Å². The average Bonchev–Trinajstić information content (AvgIpc) is 3.85. The Kier molecular flexibility index (Phi) is 7.17. The first kappa shape index (κ1) is 26.0. The zero-order valence-corrected chi connectivity index (χ0v) is 22.4. The number of carbonyl (C=O) groups is 1. The molecule has 2 heterocycles. The summed E-state index contributed by atoms with van der Waals surface area (Å²) in [6.45, 7) is 3.85. The predicted molar refractivity (Wildman–Crippen MR) is 147 cm³/mol. The summed E-state index contributed by atoms with van der Waals surface area (Å²) in [7, 11) is 0. The lowest BCUT2D eigenvalue weighted by molar-refractivity contribution is 0.0342. The van der Waals surface area contributed by atoms with Gasteiger partial charge in [0.25, 0.3) is 5.91 Å². The van der Waals surface area contributed by atoms with Crippen molar-refractivity contribution in [2.75, 3.05) is 26.3 Å². The summed E-state index contributed by atoms with van der Waals surface area (Å²) in [4.78, 5) is 15.3. The Balaban J connectivity index is 1.34. The number of rotatable bonds is 7. The molecule has 8 nitrogen and oxygen atoms in total. The van der Waals surface area contributed by atoms with Gasteiger partial charge in [-0.1, -0.05) is 35.6 Å². The van der Waals surface area contributed by atoms with Gasteiger partial charge in [0, 0.05) is 36.6 Å². The topological polar surface area (TPSA) is 108 Å². The lowest BCUT2D eigenvalue weighted by Gasteiger charge is -2.26. The van der Waals surface area contributed by atoms with Gasteiger partial charge in [0.1, 0.15) is 11.1 Å². The van der Waals surface area contributed by atoms with E-state index in [1.165, 1.54) is 0 Å². The van der Waals surface area contributed by atoms with Gasteiger partial charge in [-0.2, -0.15) is 0 Å². The highest BCUT2D eigenvalue weighted by Crippen LogP contribution is 2.51. The van der Waals surface area contributed by atoms with Crippen molar-refractivity contribution in [3.8, 4) is 17.6 Å². The summed E-state index contributed by atoms with van der Waals surface area (Å²) in [5.41, 5.74) is 1.67. The molecule has 3 aromatic rings. The van der Waals surface area contributed by atoms with E-state index in [0.29, 0.717) is 41.2 Å². The maximum atomic E-state index is 13.0. The van der Waals surface area contributed by atoms with E-state index < -0.39 is 11.5 Å². The molecule has 1 aromatic heterocycles. The summed E-state index contributed by atoms with van der Waals surface area (Å²) in [6.07, 6.45) is 3.98. The van der Waals surface area contributed by atoms with Crippen LogP contribution in [-0.4, -0.2) is 63.1 Å². The first-order valence-electron chi connectivity index (χ1n) is 13.5. The molecule has 39 heavy (non-hydrogen) atoms. The highest BCUT2D eigenvalue weighted by molar-refractivity contribution is 6.30. The van der Waals surface area contributed by atoms with Gasteiger partial charge in [-0.15, -0.1) is 10.2 Å². The first-order valence-corrected chi connectivity index (χ1v) is 13.9. The number of hydrogen-bond acceptors (Lipinski definition) is 7. The van der Waals surface area contributed by atoms with Gasteiger partial charge in [0.2, 0.25) is 0 Å². The highest BCUT2D eigenvalue weighted by atomic mass is 35.5. The fraction of sp³-hybridized carbons (Fsp3) is 0.433. The molecule has 2 aliphatic carbocycles. The third-order valence-electron chi connectivity index (χ3n) is 7.79. The van der Waals surface area contributed by atoms with Gasteiger partial charge in [-0.05, 0) is 72.9 Å². The number of hydrogen-bond donors (Lipinski definition) is 3. The third kappa shape index (κ3) is 5.73. The molecule has 0 radical (unpaired) electrons. The normalized spacial score (nSPS) is 18.0. The van der Waals surface area contributed by atoms with Crippen LogP contribution >= 0.6 is 11.6 Å². The minimum absolute atomic E-state index is 0.147. The van der Waals surface area contributed by atoms with E-state index in [2.05, 4.69) is 32.3 Å². The van der Waals surface area contributed by atoms with Crippen molar-refractivity contribution in [3.05, 3.63) is 63.8 Å². The second-order valence-electron chi connectivity index (χ2n) is 10.8. The monoisotopic (exact) mass is 546 g/mol. The maximum Gasteiger partial charge on any atom is 0.275 e. The molecule has 3 aliphatic rings. The fourth-order valence-electron chi connectivity index (χ4n) is 5.23. The molecule has 0 spiro atoms. The Hall–Kier alpha value is -3.22. The number of nitrogens with zero attached hydrogens (tertiary/aromatic N) is 3. The van der Waals surface area contributed by atoms with Crippen LogP contribution in [0, 0.1) is 23.7 Å². The SMILES string of the molecule is O=C(NCc1ccc(Cl)cc1)c1nnc2c(C#CC(O)(C3CC3)C3CC3)cc(CN3CCOCC3)cc2c1O. The molecule has 6 rings (SSSR count). The molecule has 1 amide bonds. The molecule has 3 N–H and O–H groups in total. The van der Waals surface area contributed by atoms with Crippen molar-refractivity contribution >= 4 is 28.4 Å². The number of carbonyl (C=O) groups excluding carboxylic acids is 1. The number of benzene rings is 2. The second kappa shape index (κ2) is 10.7. The zero-order valence-electron chi connectivity index (χ0n) is 21.6. The van der Waals surface area contributed by atoms with Crippen LogP contribution in [0.25, 0.3) is 10.9 Å². The smallest absolute Gasteiger partial charge is 0.275 e. The van der Waals surface area contributed by atoms with Crippen molar-refractivity contribution in [3.63, 3.8) is 0 Å². The highest BCUT2D eigenvalue weighted by Gasteiger charge is 2.52. The Morgan fingerprint density at radius 3 is 2.44 bits per heavy atom. The van der Waals surface area contributed by atoms with Crippen molar-refractivity contribution in [1.82, 2.24) is 20.4 Å². The number of aromatic hydroxyl groups is 1. The Labute approximate surface area is 232 Å². The number of fused-ring (bicyclic) bond motifs is 1. The molecule has 2 aromatic carbocycles. The molecule has 1 aliphatic heterocycles. The fourth-order valence-corrected chi connectivity index (χ4v) is 5.36. The number of halogens is 1. The maximum absolute atomic E-state index is 13.0. The molecule has 202 valence electrons. The van der Waals surface area contributed by atoms with Crippen LogP contribution in [0.4, 0.5) is 0 Å². The molecule has 0 bridgehead atoms. The second-order valence-corrected chi connectivity index (χ2v) is 11.2. The largest absolute Gasteiger partial charge is 0.505 e. The van der Waals surface area contributed by atoms with Crippen molar-refractivity contribution < 1.29 is 19.7 Å². The number of aromatic nitrogens is 2. The Morgan fingerprint density at radius 2 is 1.77 bits per heavy atom. The van der Waals surface area contributed by atoms with E-state index >= 15 is 0 Å². The lowest BCUT2D eigenvalue weighted by atomic mass is 9.92. The average molecular weight is 547 g/mol. The van der Waals surface area contributed by atoms with Crippen molar-refractivity contribution in [2.24, 2.45) is 11.8 Å². The standard InChI is InChI=1S/C30H31ClN4O4/c31-24-7-1-19(2-8-24)17-32-29(37)27-28(36)25-16-20(18-35-11-13-39-14-12-35)15-21(26(25)33-34-27)9-10-30(38,22-3-4-22)23-5-6-23/h1-2,7-8,15-16,22-23,38H,3-6,11-14,17-18H2,(H,32,37)(H,33,36). The molecule has 0 unspecified atom stereocenters. The molecular weight excluding hydrogens is 516 g/mol. The first-order chi connectivity index (χ1) is 18.9. The Morgan fingerprint density at radius 1 is 1.08 bits per heavy atom. The van der Waals surface area contributed by atoms with Crippen LogP contribution in [0.3, 0.4) is 0 Å². The minimum Gasteiger partial charge on any atom is -0.505 e. The van der Waals surface area contributed by atoms with Crippen LogP contribution in [0.2, 0.25) is 5.02 Å². The molecular formula is C30H31ClN4O4. The van der Waals surface area contributed by atoms with Gasteiger partial charge in [-0.25, -0.2) is 0 Å². The predicted octanol–water partition coefficient (Wildman–Crippen LogP) is 3.65. The van der Waals surface area contributed by atoms with E-state index in [1.807, 2.05) is 24.3 Å². The van der Waals surface area contributed by atoms with Crippen molar-refractivity contribution in [2.45, 2.75) is 44.4 Å². The number of ether oxygens (including phenoxy) is 1. The number of morpholine rings is 1. The van der Waals surface area contributed by atoms with Crippen molar-refractivity contribution in [1.29, 1.82) is 0 Å². The van der Waals surface area contributed by atoms with Crippen LogP contribution < -0.4 is 5.32 Å². The van der Waals surface area contributed by atoms with Gasteiger partial charge in [0.05, 0.1) is 18.8 Å². The molecule has 1 saturated heterocycles. The zero-order chi connectivity index (χ0) is 27.0. The lowest BCUT2D eigenvalue weighted by Crippen LogP contribution is -2.35. The summed E-state index contributed by atoms with van der Waals surface area (Å²) < 4.78 is 5.48. The third-order valence-corrected chi connectivity index (χ3v) is 8.04. The summed E-state index contributed by atoms with van der Waals surface area (Å²) in [5, 5.41) is 34.8. The summed E-state index contributed by atoms with van der Waals surface area (Å²) in [6, 6.07) is 11.0. The minimum atomic E-state index is -0.983. The molecule has 0 atom stereocenters. The van der Waals surface area contributed by atoms with E-state index in [1.54, 1.807) is 12.1 Å². The molecule has 3 fully saturated rings. The quantitative estimate of drug-likeness (QED) is 0.388. The van der Waals surface area contributed by atoms with Crippen LogP contribution in [-0.2, 0) is 17.8 Å². The van der Waals surface area contributed by atoms with E-state index in [4.69, 9.17) is 16.3 Å². The molecule has 2 saturated carbocycles.